The first-order valence-corrected chi connectivity index (χ1v) is 7.18. The molecule has 8 nitrogen and oxygen atoms in total. The molecule has 1 aromatic rings. The van der Waals surface area contributed by atoms with Gasteiger partial charge in [0, 0.05) is 5.41 Å². The van der Waals surface area contributed by atoms with Crippen molar-refractivity contribution in [2.75, 3.05) is 5.32 Å². The SMILES string of the molecule is CC(C)(C)C(=O)Nc1ccccc1C(=O)NC(CC(=O)O)C(=O)O. The maximum Gasteiger partial charge on any atom is 0.326 e. The normalized spacial score (nSPS) is 12.1. The molecule has 0 heterocycles. The summed E-state index contributed by atoms with van der Waals surface area (Å²) in [6.07, 6.45) is -0.752. The summed E-state index contributed by atoms with van der Waals surface area (Å²) in [7, 11) is 0. The molecule has 130 valence electrons. The largest absolute Gasteiger partial charge is 0.481 e. The monoisotopic (exact) mass is 336 g/mol. The zero-order valence-corrected chi connectivity index (χ0v) is 13.6. The minimum absolute atomic E-state index is 0.0479. The van der Waals surface area contributed by atoms with Crippen molar-refractivity contribution in [3.05, 3.63) is 29.8 Å². The summed E-state index contributed by atoms with van der Waals surface area (Å²) in [5, 5.41) is 22.5. The van der Waals surface area contributed by atoms with Gasteiger partial charge in [-0.15, -0.1) is 0 Å². The Labute approximate surface area is 138 Å². The summed E-state index contributed by atoms with van der Waals surface area (Å²) in [6.45, 7) is 5.12. The molecule has 1 unspecified atom stereocenters. The fraction of sp³-hybridized carbons (Fsp3) is 0.375. The molecule has 0 aliphatic carbocycles. The van der Waals surface area contributed by atoms with E-state index in [9.17, 15) is 19.2 Å². The van der Waals surface area contributed by atoms with Crippen molar-refractivity contribution in [3.63, 3.8) is 0 Å². The summed E-state index contributed by atoms with van der Waals surface area (Å²) in [5.74, 6) is -3.91. The summed E-state index contributed by atoms with van der Waals surface area (Å²) >= 11 is 0. The van der Waals surface area contributed by atoms with Crippen molar-refractivity contribution in [1.29, 1.82) is 0 Å². The second kappa shape index (κ2) is 7.58. The molecule has 0 saturated heterocycles. The molecule has 0 bridgehead atoms. The van der Waals surface area contributed by atoms with E-state index in [0.29, 0.717) is 0 Å². The molecule has 0 aliphatic heterocycles. The standard InChI is InChI=1S/C16H20N2O6/c1-16(2,3)15(24)18-10-7-5-4-6-9(10)13(21)17-11(14(22)23)8-12(19)20/h4-7,11H,8H2,1-3H3,(H,17,21)(H,18,24)(H,19,20)(H,22,23). The third-order valence-corrected chi connectivity index (χ3v) is 3.08. The molecule has 1 atom stereocenters. The van der Waals surface area contributed by atoms with E-state index in [-0.39, 0.29) is 17.2 Å². The van der Waals surface area contributed by atoms with Crippen molar-refractivity contribution < 1.29 is 29.4 Å². The number of benzene rings is 1. The van der Waals surface area contributed by atoms with Crippen LogP contribution in [0.25, 0.3) is 0 Å². The number of carbonyl (C=O) groups excluding carboxylic acids is 2. The van der Waals surface area contributed by atoms with E-state index in [1.807, 2.05) is 0 Å². The van der Waals surface area contributed by atoms with Gasteiger partial charge in [0.1, 0.15) is 6.04 Å². The molecule has 8 heteroatoms. The van der Waals surface area contributed by atoms with Gasteiger partial charge in [-0.1, -0.05) is 32.9 Å². The first-order chi connectivity index (χ1) is 11.0. The zero-order valence-electron chi connectivity index (χ0n) is 13.6. The van der Waals surface area contributed by atoms with Crippen LogP contribution in [0.3, 0.4) is 0 Å². The molecule has 0 radical (unpaired) electrons. The first-order valence-electron chi connectivity index (χ1n) is 7.18. The number of amides is 2. The van der Waals surface area contributed by atoms with Gasteiger partial charge in [0.05, 0.1) is 17.7 Å². The Morgan fingerprint density at radius 1 is 1.08 bits per heavy atom. The van der Waals surface area contributed by atoms with Crippen LogP contribution in [0.2, 0.25) is 0 Å². The van der Waals surface area contributed by atoms with Gasteiger partial charge in [-0.3, -0.25) is 14.4 Å². The number of anilines is 1. The van der Waals surface area contributed by atoms with E-state index >= 15 is 0 Å². The Morgan fingerprint density at radius 3 is 2.17 bits per heavy atom. The number of hydrogen-bond donors (Lipinski definition) is 4. The predicted molar refractivity (Wildman–Crippen MR) is 85.7 cm³/mol. The molecule has 0 fully saturated rings. The fourth-order valence-electron chi connectivity index (χ4n) is 1.71. The van der Waals surface area contributed by atoms with Gasteiger partial charge in [0.2, 0.25) is 5.91 Å². The number of nitrogens with one attached hydrogen (secondary N) is 2. The second-order valence-electron chi connectivity index (χ2n) is 6.21. The van der Waals surface area contributed by atoms with Crippen molar-refractivity contribution in [3.8, 4) is 0 Å². The lowest BCUT2D eigenvalue weighted by Gasteiger charge is -2.20. The Morgan fingerprint density at radius 2 is 1.67 bits per heavy atom. The highest BCUT2D eigenvalue weighted by molar-refractivity contribution is 6.05. The summed E-state index contributed by atoms with van der Waals surface area (Å²) < 4.78 is 0. The van der Waals surface area contributed by atoms with Crippen LogP contribution in [-0.4, -0.2) is 40.0 Å². The van der Waals surface area contributed by atoms with Gasteiger partial charge in [0.15, 0.2) is 0 Å². The Balaban J connectivity index is 3.01. The molecule has 1 aromatic carbocycles. The molecule has 1 rings (SSSR count). The van der Waals surface area contributed by atoms with Crippen molar-refractivity contribution in [1.82, 2.24) is 5.32 Å². The quantitative estimate of drug-likeness (QED) is 0.619. The maximum atomic E-state index is 12.3. The van der Waals surface area contributed by atoms with Crippen LogP contribution in [0.1, 0.15) is 37.6 Å². The highest BCUT2D eigenvalue weighted by atomic mass is 16.4. The Kier molecular flexibility index (Phi) is 6.05. The van der Waals surface area contributed by atoms with Crippen molar-refractivity contribution in [2.45, 2.75) is 33.2 Å². The molecule has 24 heavy (non-hydrogen) atoms. The average Bonchev–Trinajstić information content (AvgIpc) is 2.45. The number of hydrogen-bond acceptors (Lipinski definition) is 4. The molecule has 2 amide bonds. The minimum Gasteiger partial charge on any atom is -0.481 e. The Hall–Kier alpha value is -2.90. The van der Waals surface area contributed by atoms with Gasteiger partial charge in [-0.2, -0.15) is 0 Å². The number of carbonyl (C=O) groups is 4. The summed E-state index contributed by atoms with van der Waals surface area (Å²) in [5.41, 5.74) is -0.419. The lowest BCUT2D eigenvalue weighted by atomic mass is 9.95. The smallest absolute Gasteiger partial charge is 0.326 e. The molecule has 0 aliphatic rings. The van der Waals surface area contributed by atoms with E-state index in [1.165, 1.54) is 12.1 Å². The van der Waals surface area contributed by atoms with E-state index in [2.05, 4.69) is 10.6 Å². The van der Waals surface area contributed by atoms with Crippen LogP contribution in [0.15, 0.2) is 24.3 Å². The third kappa shape index (κ3) is 5.38. The van der Waals surface area contributed by atoms with Gasteiger partial charge in [-0.05, 0) is 12.1 Å². The maximum absolute atomic E-state index is 12.3. The molecule has 0 aromatic heterocycles. The van der Waals surface area contributed by atoms with Gasteiger partial charge in [-0.25, -0.2) is 4.79 Å². The van der Waals surface area contributed by atoms with Crippen LogP contribution in [0.5, 0.6) is 0 Å². The van der Waals surface area contributed by atoms with Crippen molar-refractivity contribution in [2.24, 2.45) is 5.41 Å². The number of carboxylic acid groups (broad SMARTS) is 2. The van der Waals surface area contributed by atoms with Crippen molar-refractivity contribution >= 4 is 29.4 Å². The van der Waals surface area contributed by atoms with Crippen LogP contribution in [0, 0.1) is 5.41 Å². The fourth-order valence-corrected chi connectivity index (χ4v) is 1.71. The number of rotatable bonds is 6. The molecule has 0 saturated carbocycles. The Bertz CT molecular complexity index is 663. The van der Waals surface area contributed by atoms with Crippen LogP contribution in [0.4, 0.5) is 5.69 Å². The second-order valence-corrected chi connectivity index (χ2v) is 6.21. The topological polar surface area (TPSA) is 133 Å². The minimum atomic E-state index is -1.57. The van der Waals surface area contributed by atoms with Crippen LogP contribution < -0.4 is 10.6 Å². The lowest BCUT2D eigenvalue weighted by molar-refractivity contribution is -0.145. The van der Waals surface area contributed by atoms with E-state index in [0.717, 1.165) is 0 Å². The molecular weight excluding hydrogens is 316 g/mol. The van der Waals surface area contributed by atoms with Gasteiger partial charge < -0.3 is 20.8 Å². The van der Waals surface area contributed by atoms with Crippen LogP contribution in [-0.2, 0) is 14.4 Å². The third-order valence-electron chi connectivity index (χ3n) is 3.08. The number of aliphatic carboxylic acids is 2. The van der Waals surface area contributed by atoms with Gasteiger partial charge in [0.25, 0.3) is 5.91 Å². The molecule has 0 spiro atoms. The average molecular weight is 336 g/mol. The number of para-hydroxylation sites is 1. The summed E-state index contributed by atoms with van der Waals surface area (Å²) in [4.78, 5) is 46.1. The van der Waals surface area contributed by atoms with Gasteiger partial charge >= 0.3 is 11.9 Å². The first kappa shape index (κ1) is 19.1. The zero-order chi connectivity index (χ0) is 18.5. The molecule has 4 N–H and O–H groups in total. The summed E-state index contributed by atoms with van der Waals surface area (Å²) in [6, 6.07) is 4.51. The number of carboxylic acids is 2. The van der Waals surface area contributed by atoms with E-state index < -0.39 is 35.7 Å². The predicted octanol–water partition coefficient (Wildman–Crippen LogP) is 1.33. The van der Waals surface area contributed by atoms with E-state index in [1.54, 1.807) is 32.9 Å². The highest BCUT2D eigenvalue weighted by Crippen LogP contribution is 2.20. The molecular formula is C16H20N2O6. The van der Waals surface area contributed by atoms with E-state index in [4.69, 9.17) is 10.2 Å². The highest BCUT2D eigenvalue weighted by Gasteiger charge is 2.26. The van der Waals surface area contributed by atoms with Crippen LogP contribution >= 0.6 is 0 Å². The lowest BCUT2D eigenvalue weighted by Crippen LogP contribution is -2.42.